The number of nitrogens with two attached hydrogens (primary N) is 2. The van der Waals surface area contributed by atoms with Crippen LogP contribution in [0.15, 0.2) is 0 Å². The molecule has 0 saturated carbocycles. The summed E-state index contributed by atoms with van der Waals surface area (Å²) in [6, 6.07) is 0. The standard InChI is InChI=1S/C20H41N3O2/c1-5-9-13-19(17(21)24,14-10-6-2)23-20(18(22)25,15-11-7-3)16-12-8-4/h23H,5-16H2,1-4H3,(H2,21,24)(H2,22,25). The highest BCUT2D eigenvalue weighted by atomic mass is 16.2. The summed E-state index contributed by atoms with van der Waals surface area (Å²) in [5, 5.41) is 3.47. The van der Waals surface area contributed by atoms with E-state index >= 15 is 0 Å². The Balaban J connectivity index is 5.79. The molecule has 0 aliphatic carbocycles. The van der Waals surface area contributed by atoms with E-state index in [1.54, 1.807) is 0 Å². The first-order chi connectivity index (χ1) is 11.8. The number of hydrogen-bond donors (Lipinski definition) is 3. The zero-order valence-electron chi connectivity index (χ0n) is 17.0. The van der Waals surface area contributed by atoms with Crippen molar-refractivity contribution in [1.29, 1.82) is 0 Å². The van der Waals surface area contributed by atoms with Gasteiger partial charge in [0.05, 0.1) is 11.1 Å². The van der Waals surface area contributed by atoms with Gasteiger partial charge in [0, 0.05) is 0 Å². The molecule has 148 valence electrons. The van der Waals surface area contributed by atoms with E-state index in [1.807, 2.05) is 0 Å². The second-order valence-electron chi connectivity index (χ2n) is 7.43. The van der Waals surface area contributed by atoms with Crippen molar-refractivity contribution in [3.63, 3.8) is 0 Å². The molecular weight excluding hydrogens is 314 g/mol. The van der Waals surface area contributed by atoms with Gasteiger partial charge in [0.1, 0.15) is 0 Å². The van der Waals surface area contributed by atoms with Gasteiger partial charge in [0.2, 0.25) is 11.8 Å². The molecular formula is C20H41N3O2. The van der Waals surface area contributed by atoms with Crippen molar-refractivity contribution in [3.8, 4) is 0 Å². The van der Waals surface area contributed by atoms with Crippen molar-refractivity contribution < 1.29 is 9.59 Å². The fraction of sp³-hybridized carbons (Fsp3) is 0.900. The van der Waals surface area contributed by atoms with Crippen LogP contribution in [-0.2, 0) is 9.59 Å². The highest BCUT2D eigenvalue weighted by Gasteiger charge is 2.45. The number of carbonyl (C=O) groups is 2. The second-order valence-corrected chi connectivity index (χ2v) is 7.43. The van der Waals surface area contributed by atoms with Gasteiger partial charge in [-0.1, -0.05) is 79.1 Å². The monoisotopic (exact) mass is 355 g/mol. The summed E-state index contributed by atoms with van der Waals surface area (Å²) in [4.78, 5) is 25.0. The summed E-state index contributed by atoms with van der Waals surface area (Å²) in [5.74, 6) is -0.707. The lowest BCUT2D eigenvalue weighted by atomic mass is 9.79. The molecule has 0 atom stereocenters. The van der Waals surface area contributed by atoms with Crippen LogP contribution in [-0.4, -0.2) is 22.9 Å². The topological polar surface area (TPSA) is 98.2 Å². The van der Waals surface area contributed by atoms with Crippen molar-refractivity contribution in [2.75, 3.05) is 0 Å². The Kier molecular flexibility index (Phi) is 11.7. The fourth-order valence-electron chi connectivity index (χ4n) is 3.49. The minimum absolute atomic E-state index is 0.354. The fourth-order valence-corrected chi connectivity index (χ4v) is 3.49. The third-order valence-electron chi connectivity index (χ3n) is 5.25. The van der Waals surface area contributed by atoms with Gasteiger partial charge in [0.15, 0.2) is 0 Å². The first-order valence-corrected chi connectivity index (χ1v) is 10.2. The molecule has 0 fully saturated rings. The molecule has 0 heterocycles. The Hall–Kier alpha value is -1.10. The predicted molar refractivity (Wildman–Crippen MR) is 105 cm³/mol. The molecule has 0 rings (SSSR count). The summed E-state index contributed by atoms with van der Waals surface area (Å²) in [7, 11) is 0. The third kappa shape index (κ3) is 7.35. The number of amides is 2. The van der Waals surface area contributed by atoms with Crippen LogP contribution in [0.25, 0.3) is 0 Å². The van der Waals surface area contributed by atoms with E-state index in [1.165, 1.54) is 0 Å². The molecule has 0 aromatic heterocycles. The molecule has 0 bridgehead atoms. The van der Waals surface area contributed by atoms with Crippen LogP contribution in [0.5, 0.6) is 0 Å². The Morgan fingerprint density at radius 3 is 1.04 bits per heavy atom. The van der Waals surface area contributed by atoms with Crippen molar-refractivity contribution in [2.45, 2.75) is 116 Å². The van der Waals surface area contributed by atoms with Gasteiger partial charge >= 0.3 is 0 Å². The van der Waals surface area contributed by atoms with Gasteiger partial charge < -0.3 is 11.5 Å². The number of hydrogen-bond acceptors (Lipinski definition) is 3. The molecule has 25 heavy (non-hydrogen) atoms. The molecule has 2 amide bonds. The lowest BCUT2D eigenvalue weighted by Gasteiger charge is -2.42. The smallest absolute Gasteiger partial charge is 0.237 e. The van der Waals surface area contributed by atoms with E-state index in [4.69, 9.17) is 11.5 Å². The number of unbranched alkanes of at least 4 members (excludes halogenated alkanes) is 4. The molecule has 0 unspecified atom stereocenters. The maximum Gasteiger partial charge on any atom is 0.237 e. The van der Waals surface area contributed by atoms with E-state index in [2.05, 4.69) is 33.0 Å². The zero-order valence-corrected chi connectivity index (χ0v) is 17.0. The van der Waals surface area contributed by atoms with Gasteiger partial charge in [-0.2, -0.15) is 0 Å². The van der Waals surface area contributed by atoms with Gasteiger partial charge in [-0.25, -0.2) is 0 Å². The van der Waals surface area contributed by atoms with Crippen molar-refractivity contribution in [3.05, 3.63) is 0 Å². The quantitative estimate of drug-likeness (QED) is 0.393. The molecule has 0 aliphatic rings. The van der Waals surface area contributed by atoms with Crippen LogP contribution in [0.3, 0.4) is 0 Å². The Bertz CT molecular complexity index is 344. The first-order valence-electron chi connectivity index (χ1n) is 10.2. The number of rotatable bonds is 16. The molecule has 0 radical (unpaired) electrons. The van der Waals surface area contributed by atoms with Crippen LogP contribution >= 0.6 is 0 Å². The zero-order chi connectivity index (χ0) is 19.3. The van der Waals surface area contributed by atoms with Crippen molar-refractivity contribution in [1.82, 2.24) is 5.32 Å². The van der Waals surface area contributed by atoms with Gasteiger partial charge in [-0.05, 0) is 25.7 Å². The molecule has 5 nitrogen and oxygen atoms in total. The SMILES string of the molecule is CCCCC(CCCC)(NC(CCCC)(CCCC)C(N)=O)C(N)=O. The highest BCUT2D eigenvalue weighted by Crippen LogP contribution is 2.30. The van der Waals surface area contributed by atoms with Crippen LogP contribution < -0.4 is 16.8 Å². The van der Waals surface area contributed by atoms with Crippen LogP contribution in [0, 0.1) is 0 Å². The minimum atomic E-state index is -0.845. The molecule has 0 aliphatic heterocycles. The van der Waals surface area contributed by atoms with Crippen molar-refractivity contribution >= 4 is 11.8 Å². The Morgan fingerprint density at radius 2 is 0.880 bits per heavy atom. The van der Waals surface area contributed by atoms with Crippen LogP contribution in [0.2, 0.25) is 0 Å². The predicted octanol–water partition coefficient (Wildman–Crippen LogP) is 3.79. The molecule has 5 N–H and O–H groups in total. The highest BCUT2D eigenvalue weighted by molar-refractivity contribution is 5.89. The van der Waals surface area contributed by atoms with Crippen LogP contribution in [0.1, 0.15) is 105 Å². The lowest BCUT2D eigenvalue weighted by molar-refractivity contribution is -0.131. The largest absolute Gasteiger partial charge is 0.368 e. The van der Waals surface area contributed by atoms with E-state index in [-0.39, 0.29) is 11.8 Å². The number of nitrogens with one attached hydrogen (secondary N) is 1. The second kappa shape index (κ2) is 12.3. The summed E-state index contributed by atoms with van der Waals surface area (Å²) >= 11 is 0. The van der Waals surface area contributed by atoms with Crippen molar-refractivity contribution in [2.24, 2.45) is 11.5 Å². The van der Waals surface area contributed by atoms with E-state index in [0.29, 0.717) is 25.7 Å². The molecule has 0 aromatic carbocycles. The van der Waals surface area contributed by atoms with Crippen LogP contribution in [0.4, 0.5) is 0 Å². The van der Waals surface area contributed by atoms with E-state index < -0.39 is 11.1 Å². The van der Waals surface area contributed by atoms with Gasteiger partial charge in [-0.3, -0.25) is 14.9 Å². The maximum absolute atomic E-state index is 12.5. The van der Waals surface area contributed by atoms with Gasteiger partial charge in [-0.15, -0.1) is 0 Å². The Labute approximate surface area is 154 Å². The summed E-state index contributed by atoms with van der Waals surface area (Å²) in [5.41, 5.74) is 10.0. The van der Waals surface area contributed by atoms with E-state index in [9.17, 15) is 9.59 Å². The average Bonchev–Trinajstić information content (AvgIpc) is 2.59. The normalized spacial score (nSPS) is 12.3. The minimum Gasteiger partial charge on any atom is -0.368 e. The summed E-state index contributed by atoms with van der Waals surface area (Å²) < 4.78 is 0. The maximum atomic E-state index is 12.5. The average molecular weight is 356 g/mol. The first kappa shape index (κ1) is 23.9. The molecule has 0 saturated heterocycles. The summed E-state index contributed by atoms with van der Waals surface area (Å²) in [6.07, 6.45) is 10.2. The third-order valence-corrected chi connectivity index (χ3v) is 5.25. The number of primary amides is 2. The lowest BCUT2D eigenvalue weighted by Crippen LogP contribution is -2.68. The Morgan fingerprint density at radius 1 is 0.640 bits per heavy atom. The molecule has 0 spiro atoms. The molecule has 0 aromatic rings. The summed E-state index contributed by atoms with van der Waals surface area (Å²) in [6.45, 7) is 8.39. The molecule has 5 heteroatoms. The number of carbonyl (C=O) groups excluding carboxylic acids is 2. The van der Waals surface area contributed by atoms with Gasteiger partial charge in [0.25, 0.3) is 0 Å². The van der Waals surface area contributed by atoms with E-state index in [0.717, 1.165) is 51.4 Å².